The van der Waals surface area contributed by atoms with Crippen LogP contribution in [-0.4, -0.2) is 12.1 Å². The van der Waals surface area contributed by atoms with Crippen LogP contribution in [0.15, 0.2) is 36.3 Å². The lowest BCUT2D eigenvalue weighted by Gasteiger charge is -2.37. The van der Waals surface area contributed by atoms with Gasteiger partial charge in [0.15, 0.2) is 5.88 Å². The van der Waals surface area contributed by atoms with Crippen LogP contribution < -0.4 is 5.32 Å². The van der Waals surface area contributed by atoms with Crippen LogP contribution in [0.1, 0.15) is 64.7 Å². The van der Waals surface area contributed by atoms with Crippen molar-refractivity contribution in [1.29, 1.82) is 0 Å². The standard InChI is InChI=1S/C18H29NO/c1-3-18(13-8-5-9-14-18)20-16(2)19-15-12-17-10-6-4-7-11-17/h6,10-11,19H,2-5,7-9,12-15H2,1H3. The Bertz CT molecular complexity index is 375. The summed E-state index contributed by atoms with van der Waals surface area (Å²) in [4.78, 5) is 0. The first-order valence-electron chi connectivity index (χ1n) is 8.21. The zero-order valence-corrected chi connectivity index (χ0v) is 12.9. The lowest BCUT2D eigenvalue weighted by atomic mass is 9.83. The first kappa shape index (κ1) is 15.2. The topological polar surface area (TPSA) is 21.3 Å². The Labute approximate surface area is 124 Å². The van der Waals surface area contributed by atoms with Crippen LogP contribution in [0.4, 0.5) is 0 Å². The largest absolute Gasteiger partial charge is 0.473 e. The summed E-state index contributed by atoms with van der Waals surface area (Å²) in [5.74, 6) is 0.758. The fraction of sp³-hybridized carbons (Fsp3) is 0.667. The molecule has 0 saturated heterocycles. The Morgan fingerprint density at radius 1 is 1.30 bits per heavy atom. The summed E-state index contributed by atoms with van der Waals surface area (Å²) >= 11 is 0. The minimum atomic E-state index is 0.0480. The highest BCUT2D eigenvalue weighted by molar-refractivity contribution is 5.22. The summed E-state index contributed by atoms with van der Waals surface area (Å²) in [6.07, 6.45) is 17.6. The molecular weight excluding hydrogens is 246 g/mol. The van der Waals surface area contributed by atoms with E-state index in [1.165, 1.54) is 50.5 Å². The molecule has 0 heterocycles. The zero-order valence-electron chi connectivity index (χ0n) is 12.9. The molecule has 1 N–H and O–H groups in total. The van der Waals surface area contributed by atoms with Crippen molar-refractivity contribution in [3.8, 4) is 0 Å². The van der Waals surface area contributed by atoms with Crippen LogP contribution in [-0.2, 0) is 4.74 Å². The minimum absolute atomic E-state index is 0.0480. The van der Waals surface area contributed by atoms with E-state index in [9.17, 15) is 0 Å². The van der Waals surface area contributed by atoms with Crippen molar-refractivity contribution in [2.75, 3.05) is 6.54 Å². The van der Waals surface area contributed by atoms with Gasteiger partial charge in [-0.15, -0.1) is 0 Å². The molecule has 2 aliphatic rings. The molecule has 1 saturated carbocycles. The third kappa shape index (κ3) is 4.43. The van der Waals surface area contributed by atoms with Gasteiger partial charge in [-0.1, -0.05) is 37.1 Å². The van der Waals surface area contributed by atoms with Crippen molar-refractivity contribution in [2.45, 2.75) is 70.3 Å². The third-order valence-electron chi connectivity index (χ3n) is 4.56. The fourth-order valence-corrected chi connectivity index (χ4v) is 3.22. The summed E-state index contributed by atoms with van der Waals surface area (Å²) in [6.45, 7) is 7.20. The van der Waals surface area contributed by atoms with Gasteiger partial charge >= 0.3 is 0 Å². The van der Waals surface area contributed by atoms with Crippen LogP contribution in [0.2, 0.25) is 0 Å². The number of nitrogens with one attached hydrogen (secondary N) is 1. The molecule has 0 unspecified atom stereocenters. The normalized spacial score (nSPS) is 21.1. The van der Waals surface area contributed by atoms with Gasteiger partial charge in [0.1, 0.15) is 5.60 Å². The van der Waals surface area contributed by atoms with Gasteiger partial charge in [0.25, 0.3) is 0 Å². The quantitative estimate of drug-likeness (QED) is 0.671. The average Bonchev–Trinajstić information content (AvgIpc) is 2.49. The molecule has 2 heteroatoms. The van der Waals surface area contributed by atoms with E-state index in [2.05, 4.69) is 37.0 Å². The highest BCUT2D eigenvalue weighted by Gasteiger charge is 2.32. The fourth-order valence-electron chi connectivity index (χ4n) is 3.22. The molecule has 0 aliphatic heterocycles. The smallest absolute Gasteiger partial charge is 0.179 e. The summed E-state index contributed by atoms with van der Waals surface area (Å²) < 4.78 is 6.17. The van der Waals surface area contributed by atoms with Gasteiger partial charge in [-0.2, -0.15) is 0 Å². The van der Waals surface area contributed by atoms with Gasteiger partial charge in [-0.05, 0) is 57.9 Å². The van der Waals surface area contributed by atoms with Crippen LogP contribution >= 0.6 is 0 Å². The van der Waals surface area contributed by atoms with Gasteiger partial charge in [-0.3, -0.25) is 0 Å². The van der Waals surface area contributed by atoms with E-state index in [1.54, 1.807) is 0 Å². The molecule has 0 atom stereocenters. The summed E-state index contributed by atoms with van der Waals surface area (Å²) in [6, 6.07) is 0. The van der Waals surface area contributed by atoms with Crippen molar-refractivity contribution >= 4 is 0 Å². The number of allylic oxidation sites excluding steroid dienone is 3. The molecule has 2 rings (SSSR count). The van der Waals surface area contributed by atoms with E-state index in [4.69, 9.17) is 4.74 Å². The highest BCUT2D eigenvalue weighted by atomic mass is 16.5. The van der Waals surface area contributed by atoms with Crippen molar-refractivity contribution in [3.63, 3.8) is 0 Å². The molecule has 1 fully saturated rings. The van der Waals surface area contributed by atoms with Gasteiger partial charge in [0.05, 0.1) is 0 Å². The van der Waals surface area contributed by atoms with Crippen molar-refractivity contribution in [3.05, 3.63) is 36.3 Å². The summed E-state index contributed by atoms with van der Waals surface area (Å²) in [5.41, 5.74) is 1.48. The average molecular weight is 275 g/mol. The van der Waals surface area contributed by atoms with Crippen LogP contribution in [0.3, 0.4) is 0 Å². The predicted molar refractivity (Wildman–Crippen MR) is 85.4 cm³/mol. The molecule has 0 aromatic carbocycles. The molecule has 2 aliphatic carbocycles. The van der Waals surface area contributed by atoms with E-state index in [1.807, 2.05) is 0 Å². The number of hydrogen-bond donors (Lipinski definition) is 1. The van der Waals surface area contributed by atoms with Crippen LogP contribution in [0, 0.1) is 0 Å². The molecule has 0 radical (unpaired) electrons. The highest BCUT2D eigenvalue weighted by Crippen LogP contribution is 2.35. The van der Waals surface area contributed by atoms with Gasteiger partial charge in [0.2, 0.25) is 0 Å². The van der Waals surface area contributed by atoms with E-state index in [-0.39, 0.29) is 5.60 Å². The van der Waals surface area contributed by atoms with Crippen molar-refractivity contribution in [1.82, 2.24) is 5.32 Å². The Morgan fingerprint density at radius 2 is 2.10 bits per heavy atom. The lowest BCUT2D eigenvalue weighted by Crippen LogP contribution is -2.36. The number of rotatable bonds is 7. The Hall–Kier alpha value is -1.18. The maximum Gasteiger partial charge on any atom is 0.179 e. The van der Waals surface area contributed by atoms with Gasteiger partial charge in [0, 0.05) is 6.54 Å². The van der Waals surface area contributed by atoms with Crippen molar-refractivity contribution in [2.24, 2.45) is 0 Å². The maximum atomic E-state index is 6.17. The van der Waals surface area contributed by atoms with E-state index in [0.29, 0.717) is 0 Å². The third-order valence-corrected chi connectivity index (χ3v) is 4.56. The van der Waals surface area contributed by atoms with E-state index < -0.39 is 0 Å². The van der Waals surface area contributed by atoms with Gasteiger partial charge in [-0.25, -0.2) is 0 Å². The zero-order chi connectivity index (χ0) is 14.3. The van der Waals surface area contributed by atoms with Crippen LogP contribution in [0.25, 0.3) is 0 Å². The molecule has 0 aromatic heterocycles. The minimum Gasteiger partial charge on any atom is -0.473 e. The molecule has 0 bridgehead atoms. The van der Waals surface area contributed by atoms with E-state index >= 15 is 0 Å². The summed E-state index contributed by atoms with van der Waals surface area (Å²) in [7, 11) is 0. The Balaban J connectivity index is 1.71. The summed E-state index contributed by atoms with van der Waals surface area (Å²) in [5, 5.41) is 3.34. The molecular formula is C18H29NO. The Morgan fingerprint density at radius 3 is 2.75 bits per heavy atom. The second kappa shape index (κ2) is 7.56. The molecule has 20 heavy (non-hydrogen) atoms. The van der Waals surface area contributed by atoms with E-state index in [0.717, 1.165) is 25.3 Å². The van der Waals surface area contributed by atoms with Crippen molar-refractivity contribution < 1.29 is 4.74 Å². The lowest BCUT2D eigenvalue weighted by molar-refractivity contribution is -0.0384. The number of ether oxygens (including phenoxy) is 1. The molecule has 0 aromatic rings. The van der Waals surface area contributed by atoms with Gasteiger partial charge < -0.3 is 10.1 Å². The SMILES string of the molecule is C=C(NCCC1=CCCC=C1)OC1(CC)CCCCC1. The first-order chi connectivity index (χ1) is 9.74. The second-order valence-corrected chi connectivity index (χ2v) is 6.06. The maximum absolute atomic E-state index is 6.17. The first-order valence-corrected chi connectivity index (χ1v) is 8.21. The Kier molecular flexibility index (Phi) is 5.75. The molecule has 2 nitrogen and oxygen atoms in total. The second-order valence-electron chi connectivity index (χ2n) is 6.06. The molecule has 0 amide bonds. The molecule has 0 spiro atoms. The number of hydrogen-bond acceptors (Lipinski definition) is 2. The van der Waals surface area contributed by atoms with Crippen LogP contribution in [0.5, 0.6) is 0 Å². The monoisotopic (exact) mass is 275 g/mol. The predicted octanol–water partition coefficient (Wildman–Crippen LogP) is 4.84. The molecule has 112 valence electrons.